The molecule has 1 heterocycles. The van der Waals surface area contributed by atoms with Crippen molar-refractivity contribution in [2.24, 2.45) is 0 Å². The monoisotopic (exact) mass is 244 g/mol. The van der Waals surface area contributed by atoms with Crippen molar-refractivity contribution in [1.29, 1.82) is 0 Å². The van der Waals surface area contributed by atoms with E-state index in [1.165, 1.54) is 19.3 Å². The van der Waals surface area contributed by atoms with Crippen molar-refractivity contribution < 1.29 is 9.63 Å². The molecule has 0 spiro atoms. The van der Waals surface area contributed by atoms with E-state index in [0.29, 0.717) is 11.7 Å². The van der Waals surface area contributed by atoms with Gasteiger partial charge in [-0.25, -0.2) is 0 Å². The highest BCUT2D eigenvalue weighted by Crippen LogP contribution is 2.32. The molecule has 1 aromatic carbocycles. The van der Waals surface area contributed by atoms with Crippen LogP contribution >= 0.6 is 0 Å². The molecule has 1 fully saturated rings. The summed E-state index contributed by atoms with van der Waals surface area (Å²) >= 11 is 0. The molecule has 0 radical (unpaired) electrons. The molecule has 0 amide bonds. The van der Waals surface area contributed by atoms with Crippen molar-refractivity contribution in [1.82, 2.24) is 10.1 Å². The average molecular weight is 244 g/mol. The molecular formula is C14H16N2O2. The van der Waals surface area contributed by atoms with Crippen LogP contribution in [0, 0.1) is 0 Å². The molecule has 1 saturated carbocycles. The Kier molecular flexibility index (Phi) is 3.00. The topological polar surface area (TPSA) is 59.2 Å². The van der Waals surface area contributed by atoms with Crippen LogP contribution in [0.3, 0.4) is 0 Å². The van der Waals surface area contributed by atoms with Crippen molar-refractivity contribution in [3.05, 3.63) is 30.2 Å². The van der Waals surface area contributed by atoms with Gasteiger partial charge < -0.3 is 9.63 Å². The number of rotatable bonds is 2. The first-order chi connectivity index (χ1) is 8.83. The summed E-state index contributed by atoms with van der Waals surface area (Å²) in [6.45, 7) is 0. The molecule has 4 nitrogen and oxygen atoms in total. The maximum Gasteiger partial charge on any atom is 0.230 e. The maximum atomic E-state index is 9.25. The Balaban J connectivity index is 1.82. The van der Waals surface area contributed by atoms with Crippen LogP contribution in [0.15, 0.2) is 28.8 Å². The Labute approximate surface area is 106 Å². The van der Waals surface area contributed by atoms with E-state index >= 15 is 0 Å². The number of hydrogen-bond donors (Lipinski definition) is 1. The molecule has 2 aromatic rings. The molecule has 1 N–H and O–H groups in total. The minimum absolute atomic E-state index is 0.245. The fourth-order valence-corrected chi connectivity index (χ4v) is 2.48. The van der Waals surface area contributed by atoms with Gasteiger partial charge in [0, 0.05) is 11.5 Å². The van der Waals surface area contributed by atoms with E-state index in [2.05, 4.69) is 10.1 Å². The van der Waals surface area contributed by atoms with Crippen molar-refractivity contribution >= 4 is 0 Å². The Hall–Kier alpha value is -1.84. The van der Waals surface area contributed by atoms with Crippen LogP contribution in [-0.4, -0.2) is 15.2 Å². The first kappa shape index (κ1) is 11.3. The summed E-state index contributed by atoms with van der Waals surface area (Å²) in [5.74, 6) is 2.04. The van der Waals surface area contributed by atoms with E-state index < -0.39 is 0 Å². The SMILES string of the molecule is Oc1ccc(-c2noc(C3CCCCC3)n2)cc1. The van der Waals surface area contributed by atoms with Crippen LogP contribution in [0.25, 0.3) is 11.4 Å². The predicted octanol–water partition coefficient (Wildman–Crippen LogP) is 3.49. The summed E-state index contributed by atoms with van der Waals surface area (Å²) in [7, 11) is 0. The number of nitrogens with zero attached hydrogens (tertiary/aromatic N) is 2. The van der Waals surface area contributed by atoms with Gasteiger partial charge in [0.15, 0.2) is 0 Å². The lowest BCUT2D eigenvalue weighted by atomic mass is 9.89. The second kappa shape index (κ2) is 4.80. The van der Waals surface area contributed by atoms with Gasteiger partial charge in [-0.05, 0) is 37.1 Å². The molecule has 0 unspecified atom stereocenters. The summed E-state index contributed by atoms with van der Waals surface area (Å²) in [5.41, 5.74) is 0.874. The molecule has 3 rings (SSSR count). The van der Waals surface area contributed by atoms with Crippen LogP contribution < -0.4 is 0 Å². The van der Waals surface area contributed by atoms with E-state index in [9.17, 15) is 5.11 Å². The fourth-order valence-electron chi connectivity index (χ4n) is 2.48. The Morgan fingerprint density at radius 3 is 2.50 bits per heavy atom. The number of phenolic OH excluding ortho intramolecular Hbond substituents is 1. The third-order valence-electron chi connectivity index (χ3n) is 3.52. The van der Waals surface area contributed by atoms with Crippen LogP contribution in [0.4, 0.5) is 0 Å². The molecule has 0 saturated heterocycles. The normalized spacial score (nSPS) is 16.9. The molecule has 0 atom stereocenters. The van der Waals surface area contributed by atoms with Gasteiger partial charge in [0.2, 0.25) is 11.7 Å². The smallest absolute Gasteiger partial charge is 0.230 e. The number of aromatic hydroxyl groups is 1. The van der Waals surface area contributed by atoms with E-state index in [0.717, 1.165) is 24.3 Å². The quantitative estimate of drug-likeness (QED) is 0.878. The van der Waals surface area contributed by atoms with Crippen LogP contribution in [0.1, 0.15) is 43.9 Å². The molecule has 18 heavy (non-hydrogen) atoms. The molecule has 1 aliphatic carbocycles. The van der Waals surface area contributed by atoms with E-state index in [1.54, 1.807) is 24.3 Å². The van der Waals surface area contributed by atoms with Gasteiger partial charge >= 0.3 is 0 Å². The first-order valence-electron chi connectivity index (χ1n) is 6.46. The average Bonchev–Trinajstić information content (AvgIpc) is 2.90. The number of hydrogen-bond acceptors (Lipinski definition) is 4. The van der Waals surface area contributed by atoms with Gasteiger partial charge in [0.1, 0.15) is 5.75 Å². The molecule has 1 aliphatic rings. The second-order valence-electron chi connectivity index (χ2n) is 4.84. The molecule has 0 aliphatic heterocycles. The second-order valence-corrected chi connectivity index (χ2v) is 4.84. The van der Waals surface area contributed by atoms with Crippen molar-refractivity contribution in [2.75, 3.05) is 0 Å². The van der Waals surface area contributed by atoms with Gasteiger partial charge in [-0.2, -0.15) is 4.98 Å². The third kappa shape index (κ3) is 2.23. The minimum atomic E-state index is 0.245. The largest absolute Gasteiger partial charge is 0.508 e. The maximum absolute atomic E-state index is 9.25. The zero-order valence-electron chi connectivity index (χ0n) is 10.2. The minimum Gasteiger partial charge on any atom is -0.508 e. The summed E-state index contributed by atoms with van der Waals surface area (Å²) in [6, 6.07) is 6.85. The van der Waals surface area contributed by atoms with Crippen molar-refractivity contribution in [2.45, 2.75) is 38.0 Å². The highest BCUT2D eigenvalue weighted by molar-refractivity contribution is 5.55. The van der Waals surface area contributed by atoms with E-state index in [-0.39, 0.29) is 5.75 Å². The number of phenols is 1. The molecule has 94 valence electrons. The lowest BCUT2D eigenvalue weighted by Crippen LogP contribution is -2.04. The van der Waals surface area contributed by atoms with Gasteiger partial charge in [-0.15, -0.1) is 0 Å². The summed E-state index contributed by atoms with van der Waals surface area (Å²) < 4.78 is 5.37. The third-order valence-corrected chi connectivity index (χ3v) is 3.52. The Morgan fingerprint density at radius 2 is 1.78 bits per heavy atom. The van der Waals surface area contributed by atoms with Crippen molar-refractivity contribution in [3.8, 4) is 17.1 Å². The van der Waals surface area contributed by atoms with Crippen LogP contribution in [0.5, 0.6) is 5.75 Å². The summed E-state index contributed by atoms with van der Waals surface area (Å²) in [5, 5.41) is 13.3. The van der Waals surface area contributed by atoms with Crippen LogP contribution in [-0.2, 0) is 0 Å². The van der Waals surface area contributed by atoms with Gasteiger partial charge in [-0.1, -0.05) is 24.4 Å². The fraction of sp³-hybridized carbons (Fsp3) is 0.429. The summed E-state index contributed by atoms with van der Waals surface area (Å²) in [6.07, 6.45) is 6.12. The molecule has 0 bridgehead atoms. The number of aromatic nitrogens is 2. The van der Waals surface area contributed by atoms with Gasteiger partial charge in [0.05, 0.1) is 0 Å². The Bertz CT molecular complexity index is 513. The molecule has 1 aromatic heterocycles. The predicted molar refractivity (Wildman–Crippen MR) is 67.2 cm³/mol. The van der Waals surface area contributed by atoms with Gasteiger partial charge in [-0.3, -0.25) is 0 Å². The Morgan fingerprint density at radius 1 is 1.06 bits per heavy atom. The molecule has 4 heteroatoms. The standard InChI is InChI=1S/C14H16N2O2/c17-12-8-6-10(7-9-12)13-15-14(18-16-13)11-4-2-1-3-5-11/h6-9,11,17H,1-5H2. The van der Waals surface area contributed by atoms with Crippen LogP contribution in [0.2, 0.25) is 0 Å². The van der Waals surface area contributed by atoms with E-state index in [1.807, 2.05) is 0 Å². The summed E-state index contributed by atoms with van der Waals surface area (Å²) in [4.78, 5) is 4.47. The number of benzene rings is 1. The van der Waals surface area contributed by atoms with E-state index in [4.69, 9.17) is 4.52 Å². The van der Waals surface area contributed by atoms with Crippen molar-refractivity contribution in [3.63, 3.8) is 0 Å². The zero-order chi connectivity index (χ0) is 12.4. The highest BCUT2D eigenvalue weighted by atomic mass is 16.5. The first-order valence-corrected chi connectivity index (χ1v) is 6.46. The highest BCUT2D eigenvalue weighted by Gasteiger charge is 2.21. The van der Waals surface area contributed by atoms with Gasteiger partial charge in [0.25, 0.3) is 0 Å². The zero-order valence-corrected chi connectivity index (χ0v) is 10.2. The lowest BCUT2D eigenvalue weighted by molar-refractivity contribution is 0.314. The lowest BCUT2D eigenvalue weighted by Gasteiger charge is -2.17. The molecular weight excluding hydrogens is 228 g/mol.